The van der Waals surface area contributed by atoms with Gasteiger partial charge in [-0.1, -0.05) is 30.3 Å². The Kier molecular flexibility index (Phi) is 3.66. The first-order valence-electron chi connectivity index (χ1n) is 5.46. The summed E-state index contributed by atoms with van der Waals surface area (Å²) in [5.74, 6) is 0.190. The predicted molar refractivity (Wildman–Crippen MR) is 70.3 cm³/mol. The summed E-state index contributed by atoms with van der Waals surface area (Å²) in [6.45, 7) is 0.278. The molecule has 7 heteroatoms. The van der Waals surface area contributed by atoms with Gasteiger partial charge in [0, 0.05) is 12.3 Å². The normalized spacial score (nSPS) is 11.2. The molecule has 0 aliphatic rings. The molecule has 100 valence electrons. The summed E-state index contributed by atoms with van der Waals surface area (Å²) in [7, 11) is -3.51. The van der Waals surface area contributed by atoms with Crippen molar-refractivity contribution in [2.24, 2.45) is 0 Å². The van der Waals surface area contributed by atoms with Crippen LogP contribution in [0.15, 0.2) is 41.6 Å². The van der Waals surface area contributed by atoms with Crippen LogP contribution in [0.25, 0.3) is 0 Å². The summed E-state index contributed by atoms with van der Waals surface area (Å²) in [6, 6.07) is 10.8. The number of nitrogens with zero attached hydrogens (tertiary/aromatic N) is 2. The van der Waals surface area contributed by atoms with E-state index in [0.29, 0.717) is 0 Å². The summed E-state index contributed by atoms with van der Waals surface area (Å²) in [5.41, 5.74) is 6.47. The molecule has 19 heavy (non-hydrogen) atoms. The Morgan fingerprint density at radius 2 is 1.89 bits per heavy atom. The zero-order valence-electron chi connectivity index (χ0n) is 10.3. The van der Waals surface area contributed by atoms with Crippen LogP contribution in [0, 0.1) is 0 Å². The second kappa shape index (κ2) is 5.23. The number of aromatic nitrogens is 2. The van der Waals surface area contributed by atoms with Gasteiger partial charge < -0.3 is 10.5 Å². The molecule has 0 atom stereocenters. The molecule has 0 aliphatic carbocycles. The zero-order valence-corrected chi connectivity index (χ0v) is 11.1. The van der Waals surface area contributed by atoms with Gasteiger partial charge in [0.1, 0.15) is 12.4 Å². The number of benzene rings is 1. The Labute approximate surface area is 111 Å². The first kappa shape index (κ1) is 13.3. The Bertz CT molecular complexity index is 672. The van der Waals surface area contributed by atoms with E-state index in [2.05, 4.69) is 9.97 Å². The van der Waals surface area contributed by atoms with Crippen molar-refractivity contribution in [3.05, 3.63) is 42.0 Å². The van der Waals surface area contributed by atoms with Gasteiger partial charge in [0.25, 0.3) is 5.16 Å². The van der Waals surface area contributed by atoms with Crippen molar-refractivity contribution in [1.29, 1.82) is 0 Å². The van der Waals surface area contributed by atoms with Crippen LogP contribution in [0.5, 0.6) is 5.88 Å². The van der Waals surface area contributed by atoms with Crippen LogP contribution in [0.1, 0.15) is 5.56 Å². The third-order valence-corrected chi connectivity index (χ3v) is 3.11. The lowest BCUT2D eigenvalue weighted by Crippen LogP contribution is -2.08. The molecule has 0 saturated heterocycles. The second-order valence-electron chi connectivity index (χ2n) is 3.96. The van der Waals surface area contributed by atoms with E-state index < -0.39 is 9.84 Å². The van der Waals surface area contributed by atoms with E-state index in [-0.39, 0.29) is 23.5 Å². The molecule has 0 aliphatic heterocycles. The highest BCUT2D eigenvalue weighted by Gasteiger charge is 2.13. The molecule has 1 aromatic heterocycles. The third kappa shape index (κ3) is 3.65. The molecule has 0 spiro atoms. The number of hydrogen-bond acceptors (Lipinski definition) is 6. The van der Waals surface area contributed by atoms with Crippen molar-refractivity contribution >= 4 is 15.7 Å². The minimum absolute atomic E-state index is 0.0542. The molecule has 0 saturated carbocycles. The van der Waals surface area contributed by atoms with E-state index in [1.807, 2.05) is 30.3 Å². The third-order valence-electron chi connectivity index (χ3n) is 2.26. The topological polar surface area (TPSA) is 95.2 Å². The van der Waals surface area contributed by atoms with Crippen molar-refractivity contribution in [2.45, 2.75) is 11.8 Å². The minimum atomic E-state index is -3.51. The van der Waals surface area contributed by atoms with Crippen LogP contribution in [-0.4, -0.2) is 24.6 Å². The molecule has 2 aromatic rings. The largest absolute Gasteiger partial charge is 0.473 e. The molecule has 2 rings (SSSR count). The van der Waals surface area contributed by atoms with Crippen molar-refractivity contribution in [3.63, 3.8) is 0 Å². The average Bonchev–Trinajstić information content (AvgIpc) is 2.36. The van der Waals surface area contributed by atoms with Crippen molar-refractivity contribution in [2.75, 3.05) is 12.0 Å². The van der Waals surface area contributed by atoms with E-state index >= 15 is 0 Å². The maximum atomic E-state index is 11.4. The fourth-order valence-corrected chi connectivity index (χ4v) is 1.92. The molecule has 1 heterocycles. The highest BCUT2D eigenvalue weighted by atomic mass is 32.2. The van der Waals surface area contributed by atoms with Crippen LogP contribution in [0.3, 0.4) is 0 Å². The Balaban J connectivity index is 2.19. The first-order valence-corrected chi connectivity index (χ1v) is 7.35. The van der Waals surface area contributed by atoms with Crippen LogP contribution >= 0.6 is 0 Å². The van der Waals surface area contributed by atoms with Gasteiger partial charge in [0.15, 0.2) is 0 Å². The molecule has 0 radical (unpaired) electrons. The number of sulfone groups is 1. The summed E-state index contributed by atoms with van der Waals surface area (Å²) in [5, 5.41) is -0.337. The molecule has 0 bridgehead atoms. The molecule has 0 amide bonds. The maximum Gasteiger partial charge on any atom is 0.252 e. The van der Waals surface area contributed by atoms with Gasteiger partial charge in [-0.2, -0.15) is 4.98 Å². The number of nitrogens with two attached hydrogens (primary N) is 1. The van der Waals surface area contributed by atoms with E-state index in [9.17, 15) is 8.42 Å². The highest BCUT2D eigenvalue weighted by Crippen LogP contribution is 2.15. The van der Waals surface area contributed by atoms with Gasteiger partial charge in [-0.25, -0.2) is 13.4 Å². The fourth-order valence-electron chi connectivity index (χ4n) is 1.39. The van der Waals surface area contributed by atoms with Gasteiger partial charge in [0.05, 0.1) is 0 Å². The standard InChI is InChI=1S/C12H13N3O3S/c1-19(16,17)12-14-10(13)7-11(15-12)18-8-9-5-3-2-4-6-9/h2-7H,8H2,1H3,(H2,13,14,15). The van der Waals surface area contributed by atoms with E-state index in [1.165, 1.54) is 6.07 Å². The van der Waals surface area contributed by atoms with Gasteiger partial charge in [-0.15, -0.1) is 0 Å². The van der Waals surface area contributed by atoms with E-state index in [0.717, 1.165) is 11.8 Å². The first-order chi connectivity index (χ1) is 8.95. The number of ether oxygens (including phenoxy) is 1. The number of rotatable bonds is 4. The molecule has 0 fully saturated rings. The molecular formula is C12H13N3O3S. The molecule has 0 unspecified atom stereocenters. The van der Waals surface area contributed by atoms with Gasteiger partial charge in [0.2, 0.25) is 15.7 Å². The van der Waals surface area contributed by atoms with Crippen LogP contribution < -0.4 is 10.5 Å². The van der Waals surface area contributed by atoms with Crippen molar-refractivity contribution in [3.8, 4) is 5.88 Å². The second-order valence-corrected chi connectivity index (χ2v) is 5.87. The Morgan fingerprint density at radius 1 is 1.21 bits per heavy atom. The predicted octanol–water partition coefficient (Wildman–Crippen LogP) is 1.04. The van der Waals surface area contributed by atoms with Crippen molar-refractivity contribution < 1.29 is 13.2 Å². The number of nitrogen functional groups attached to an aromatic ring is 1. The fraction of sp³-hybridized carbons (Fsp3) is 0.167. The SMILES string of the molecule is CS(=O)(=O)c1nc(N)cc(OCc2ccccc2)n1. The Morgan fingerprint density at radius 3 is 2.53 bits per heavy atom. The average molecular weight is 279 g/mol. The number of hydrogen-bond donors (Lipinski definition) is 1. The molecular weight excluding hydrogens is 266 g/mol. The van der Waals surface area contributed by atoms with Crippen LogP contribution in [0.2, 0.25) is 0 Å². The zero-order chi connectivity index (χ0) is 13.9. The molecule has 2 N–H and O–H groups in total. The Hall–Kier alpha value is -2.15. The molecule has 1 aromatic carbocycles. The summed E-state index contributed by atoms with van der Waals surface area (Å²) in [4.78, 5) is 7.48. The number of anilines is 1. The minimum Gasteiger partial charge on any atom is -0.473 e. The van der Waals surface area contributed by atoms with Crippen LogP contribution in [0.4, 0.5) is 5.82 Å². The molecule has 6 nitrogen and oxygen atoms in total. The lowest BCUT2D eigenvalue weighted by atomic mass is 10.2. The van der Waals surface area contributed by atoms with Crippen molar-refractivity contribution in [1.82, 2.24) is 9.97 Å². The van der Waals surface area contributed by atoms with E-state index in [4.69, 9.17) is 10.5 Å². The van der Waals surface area contributed by atoms with E-state index in [1.54, 1.807) is 0 Å². The van der Waals surface area contributed by atoms with Gasteiger partial charge in [-0.3, -0.25) is 0 Å². The van der Waals surface area contributed by atoms with Gasteiger partial charge in [-0.05, 0) is 5.56 Å². The summed E-state index contributed by atoms with van der Waals surface area (Å²) >= 11 is 0. The van der Waals surface area contributed by atoms with Gasteiger partial charge >= 0.3 is 0 Å². The summed E-state index contributed by atoms with van der Waals surface area (Å²) < 4.78 is 28.2. The quantitative estimate of drug-likeness (QED) is 0.840. The highest BCUT2D eigenvalue weighted by molar-refractivity contribution is 7.90. The van der Waals surface area contributed by atoms with Crippen LogP contribution in [-0.2, 0) is 16.4 Å². The maximum absolute atomic E-state index is 11.4. The monoisotopic (exact) mass is 279 g/mol. The summed E-state index contributed by atoms with van der Waals surface area (Å²) in [6.07, 6.45) is 1.02. The lowest BCUT2D eigenvalue weighted by molar-refractivity contribution is 0.290. The lowest BCUT2D eigenvalue weighted by Gasteiger charge is -2.07. The smallest absolute Gasteiger partial charge is 0.252 e.